The van der Waals surface area contributed by atoms with Crippen molar-refractivity contribution in [2.75, 3.05) is 6.61 Å². The third-order valence-corrected chi connectivity index (χ3v) is 2.84. The van der Waals surface area contributed by atoms with Gasteiger partial charge in [0.05, 0.1) is 12.3 Å². The number of allylic oxidation sites excluding steroid dienone is 2. The van der Waals surface area contributed by atoms with Gasteiger partial charge in [-0.2, -0.15) is 0 Å². The summed E-state index contributed by atoms with van der Waals surface area (Å²) in [5, 5.41) is 7.55. The first kappa shape index (κ1) is 13.5. The van der Waals surface area contributed by atoms with Crippen LogP contribution in [0.3, 0.4) is 0 Å². The van der Waals surface area contributed by atoms with Crippen molar-refractivity contribution in [3.63, 3.8) is 0 Å². The Balaban J connectivity index is 2.65. The van der Waals surface area contributed by atoms with E-state index in [2.05, 4.69) is 32.0 Å². The van der Waals surface area contributed by atoms with Crippen molar-refractivity contribution in [2.45, 2.75) is 33.6 Å². The van der Waals surface area contributed by atoms with Crippen LogP contribution in [0.25, 0.3) is 0 Å². The summed E-state index contributed by atoms with van der Waals surface area (Å²) in [6, 6.07) is 8.35. The summed E-state index contributed by atoms with van der Waals surface area (Å²) >= 11 is 0. The molecule has 92 valence electrons. The maximum Gasteiger partial charge on any atom is 0.135 e. The molecule has 0 spiro atoms. The van der Waals surface area contributed by atoms with Crippen LogP contribution in [0.2, 0.25) is 0 Å². The minimum Gasteiger partial charge on any atom is -0.491 e. The summed E-state index contributed by atoms with van der Waals surface area (Å²) in [7, 11) is 0. The Hall–Kier alpha value is -1.57. The van der Waals surface area contributed by atoms with Gasteiger partial charge < -0.3 is 10.1 Å². The zero-order valence-corrected chi connectivity index (χ0v) is 11.1. The molecule has 1 unspecified atom stereocenters. The molecule has 0 heterocycles. The minimum atomic E-state index is 0.338. The van der Waals surface area contributed by atoms with Crippen LogP contribution < -0.4 is 0 Å². The van der Waals surface area contributed by atoms with Gasteiger partial charge >= 0.3 is 0 Å². The first-order valence-corrected chi connectivity index (χ1v) is 5.96. The molecule has 0 radical (unpaired) electrons. The summed E-state index contributed by atoms with van der Waals surface area (Å²) < 4.78 is 5.66. The Kier molecular flexibility index (Phi) is 4.95. The fraction of sp³-hybridized carbons (Fsp3) is 0.400. The molecule has 0 aliphatic heterocycles. The lowest BCUT2D eigenvalue weighted by Gasteiger charge is -2.16. The number of rotatable bonds is 5. The average Bonchev–Trinajstić information content (AvgIpc) is 2.29. The topological polar surface area (TPSA) is 33.1 Å². The third-order valence-electron chi connectivity index (χ3n) is 2.84. The van der Waals surface area contributed by atoms with Crippen LogP contribution in [0.15, 0.2) is 36.1 Å². The molecular weight excluding hydrogens is 210 g/mol. The van der Waals surface area contributed by atoms with Gasteiger partial charge in [0, 0.05) is 5.92 Å². The van der Waals surface area contributed by atoms with Crippen LogP contribution in [0.5, 0.6) is 0 Å². The van der Waals surface area contributed by atoms with Crippen molar-refractivity contribution >= 4 is 5.71 Å². The second-order valence-electron chi connectivity index (χ2n) is 4.35. The summed E-state index contributed by atoms with van der Waals surface area (Å²) in [6.07, 6.45) is 1.84. The fourth-order valence-electron chi connectivity index (χ4n) is 1.85. The van der Waals surface area contributed by atoms with Crippen molar-refractivity contribution in [3.8, 4) is 0 Å². The first-order chi connectivity index (χ1) is 8.06. The van der Waals surface area contributed by atoms with E-state index in [1.54, 1.807) is 6.92 Å². The highest BCUT2D eigenvalue weighted by Gasteiger charge is 2.10. The fourth-order valence-corrected chi connectivity index (χ4v) is 1.85. The van der Waals surface area contributed by atoms with Gasteiger partial charge in [-0.25, -0.2) is 0 Å². The molecule has 1 N–H and O–H groups in total. The third kappa shape index (κ3) is 3.74. The van der Waals surface area contributed by atoms with Crippen molar-refractivity contribution in [1.82, 2.24) is 0 Å². The Bertz CT molecular complexity index is 421. The number of ether oxygens (including phenoxy) is 1. The SMILES string of the molecule is CC=C(OCC(C)c1ccccc1C)C(C)=N. The Labute approximate surface area is 104 Å². The molecule has 2 nitrogen and oxygen atoms in total. The number of benzene rings is 1. The lowest BCUT2D eigenvalue weighted by molar-refractivity contribution is 0.213. The summed E-state index contributed by atoms with van der Waals surface area (Å²) in [5.41, 5.74) is 3.08. The molecule has 17 heavy (non-hydrogen) atoms. The minimum absolute atomic E-state index is 0.338. The quantitative estimate of drug-likeness (QED) is 0.601. The number of hydrogen-bond donors (Lipinski definition) is 1. The summed E-state index contributed by atoms with van der Waals surface area (Å²) in [6.45, 7) is 8.51. The van der Waals surface area contributed by atoms with E-state index >= 15 is 0 Å². The van der Waals surface area contributed by atoms with Crippen LogP contribution in [-0.2, 0) is 4.74 Å². The van der Waals surface area contributed by atoms with Gasteiger partial charge in [0.1, 0.15) is 5.76 Å². The molecule has 0 saturated heterocycles. The normalized spacial score (nSPS) is 13.3. The average molecular weight is 231 g/mol. The molecule has 0 aliphatic carbocycles. The zero-order chi connectivity index (χ0) is 12.8. The Morgan fingerprint density at radius 2 is 2.06 bits per heavy atom. The maximum absolute atomic E-state index is 7.55. The second-order valence-corrected chi connectivity index (χ2v) is 4.35. The predicted octanol–water partition coefficient (Wildman–Crippen LogP) is 4.06. The van der Waals surface area contributed by atoms with Crippen molar-refractivity contribution < 1.29 is 4.74 Å². The number of aryl methyl sites for hydroxylation is 1. The van der Waals surface area contributed by atoms with Gasteiger partial charge in [-0.1, -0.05) is 31.2 Å². The van der Waals surface area contributed by atoms with Crippen LogP contribution in [0, 0.1) is 12.3 Å². The molecule has 1 aromatic rings. The van der Waals surface area contributed by atoms with Gasteiger partial charge in [-0.15, -0.1) is 0 Å². The second kappa shape index (κ2) is 6.24. The van der Waals surface area contributed by atoms with E-state index < -0.39 is 0 Å². The number of nitrogens with one attached hydrogen (secondary N) is 1. The van der Waals surface area contributed by atoms with Crippen molar-refractivity contribution in [3.05, 3.63) is 47.2 Å². The van der Waals surface area contributed by atoms with Crippen LogP contribution in [0.1, 0.15) is 37.8 Å². The highest BCUT2D eigenvalue weighted by Crippen LogP contribution is 2.20. The number of hydrogen-bond acceptors (Lipinski definition) is 2. The van der Waals surface area contributed by atoms with E-state index in [1.807, 2.05) is 19.1 Å². The molecule has 0 bridgehead atoms. The molecule has 0 amide bonds. The molecule has 0 aliphatic rings. The molecule has 0 fully saturated rings. The molecule has 1 atom stereocenters. The van der Waals surface area contributed by atoms with Crippen LogP contribution in [-0.4, -0.2) is 12.3 Å². The highest BCUT2D eigenvalue weighted by atomic mass is 16.5. The maximum atomic E-state index is 7.55. The molecule has 0 saturated carbocycles. The molecule has 1 rings (SSSR count). The zero-order valence-electron chi connectivity index (χ0n) is 11.1. The van der Waals surface area contributed by atoms with Gasteiger partial charge in [-0.3, -0.25) is 0 Å². The largest absolute Gasteiger partial charge is 0.491 e. The Morgan fingerprint density at radius 1 is 1.41 bits per heavy atom. The smallest absolute Gasteiger partial charge is 0.135 e. The van der Waals surface area contributed by atoms with E-state index in [-0.39, 0.29) is 0 Å². The van der Waals surface area contributed by atoms with Gasteiger partial charge in [0.2, 0.25) is 0 Å². The first-order valence-electron chi connectivity index (χ1n) is 5.96. The molecular formula is C15H21NO. The lowest BCUT2D eigenvalue weighted by Crippen LogP contribution is -2.09. The molecule has 1 aromatic carbocycles. The van der Waals surface area contributed by atoms with Crippen molar-refractivity contribution in [2.24, 2.45) is 0 Å². The summed E-state index contributed by atoms with van der Waals surface area (Å²) in [5.74, 6) is 1.01. The monoisotopic (exact) mass is 231 g/mol. The van der Waals surface area contributed by atoms with Gasteiger partial charge in [0.25, 0.3) is 0 Å². The molecule has 2 heteroatoms. The highest BCUT2D eigenvalue weighted by molar-refractivity contribution is 5.93. The molecule has 0 aromatic heterocycles. The standard InChI is InChI=1S/C15H21NO/c1-5-15(13(4)16)17-10-12(3)14-9-7-6-8-11(14)2/h5-9,12,16H,10H2,1-4H3. The van der Waals surface area contributed by atoms with Crippen molar-refractivity contribution in [1.29, 1.82) is 5.41 Å². The van der Waals surface area contributed by atoms with Crippen LogP contribution >= 0.6 is 0 Å². The van der Waals surface area contributed by atoms with Gasteiger partial charge in [0.15, 0.2) is 0 Å². The Morgan fingerprint density at radius 3 is 2.59 bits per heavy atom. The lowest BCUT2D eigenvalue weighted by atomic mass is 9.97. The van der Waals surface area contributed by atoms with E-state index in [0.717, 1.165) is 0 Å². The summed E-state index contributed by atoms with van der Waals surface area (Å²) in [4.78, 5) is 0. The predicted molar refractivity (Wildman–Crippen MR) is 72.7 cm³/mol. The van der Waals surface area contributed by atoms with E-state index in [0.29, 0.717) is 24.0 Å². The van der Waals surface area contributed by atoms with Crippen LogP contribution in [0.4, 0.5) is 0 Å². The van der Waals surface area contributed by atoms with E-state index in [1.165, 1.54) is 11.1 Å². The van der Waals surface area contributed by atoms with E-state index in [4.69, 9.17) is 10.1 Å². The van der Waals surface area contributed by atoms with Gasteiger partial charge in [-0.05, 0) is 38.0 Å². The van der Waals surface area contributed by atoms with E-state index in [9.17, 15) is 0 Å².